The van der Waals surface area contributed by atoms with Gasteiger partial charge in [0.25, 0.3) is 0 Å². The lowest BCUT2D eigenvalue weighted by Gasteiger charge is -2.57. The Hall–Kier alpha value is 0.110. The van der Waals surface area contributed by atoms with E-state index in [0.717, 1.165) is 24.2 Å². The lowest BCUT2D eigenvalue weighted by molar-refractivity contribution is -0.0587. The van der Waals surface area contributed by atoms with E-state index < -0.39 is 13.4 Å². The highest BCUT2D eigenvalue weighted by molar-refractivity contribution is 7.54. The van der Waals surface area contributed by atoms with Gasteiger partial charge in [0.15, 0.2) is 0 Å². The highest BCUT2D eigenvalue weighted by Crippen LogP contribution is 2.64. The second-order valence-corrected chi connectivity index (χ2v) is 11.2. The van der Waals surface area contributed by atoms with Crippen LogP contribution in [0.3, 0.4) is 0 Å². The van der Waals surface area contributed by atoms with Gasteiger partial charge in [0.2, 0.25) is 0 Å². The summed E-state index contributed by atoms with van der Waals surface area (Å²) < 4.78 is 24.8. The molecule has 4 nitrogen and oxygen atoms in total. The molecule has 4 aliphatic carbocycles. The molecule has 23 heavy (non-hydrogen) atoms. The van der Waals surface area contributed by atoms with Gasteiger partial charge in [0.1, 0.15) is 5.78 Å². The first kappa shape index (κ1) is 17.9. The van der Waals surface area contributed by atoms with Crippen molar-refractivity contribution in [1.29, 1.82) is 0 Å². The zero-order chi connectivity index (χ0) is 16.8. The van der Waals surface area contributed by atoms with E-state index in [1.165, 1.54) is 38.5 Å². The van der Waals surface area contributed by atoms with Crippen molar-refractivity contribution < 1.29 is 13.6 Å². The number of hydrogen-bond acceptors (Lipinski definition) is 4. The number of rotatable bonds is 7. The van der Waals surface area contributed by atoms with E-state index in [0.29, 0.717) is 5.41 Å². The van der Waals surface area contributed by atoms with Gasteiger partial charge < -0.3 is 14.8 Å². The average Bonchev–Trinajstić information content (AvgIpc) is 2.33. The van der Waals surface area contributed by atoms with E-state index in [4.69, 9.17) is 14.8 Å². The van der Waals surface area contributed by atoms with Gasteiger partial charge in [-0.15, -0.1) is 0 Å². The number of nitrogens with two attached hydrogens (primary N) is 1. The monoisotopic (exact) mass is 343 g/mol. The van der Waals surface area contributed by atoms with Crippen LogP contribution < -0.4 is 5.73 Å². The van der Waals surface area contributed by atoms with Crippen molar-refractivity contribution in [2.45, 2.75) is 90.6 Å². The fraction of sp³-hybridized carbons (Fsp3) is 1.00. The third kappa shape index (κ3) is 3.86. The lowest BCUT2D eigenvalue weighted by Crippen LogP contribution is -2.48. The molecule has 0 aromatic rings. The Balaban J connectivity index is 1.73. The molecular formula is C18H34NO3P. The molecule has 1 atom stereocenters. The van der Waals surface area contributed by atoms with Gasteiger partial charge in [-0.05, 0) is 95.8 Å². The van der Waals surface area contributed by atoms with Crippen LogP contribution in [0.2, 0.25) is 0 Å². The smallest absolute Gasteiger partial charge is 0.318 e. The summed E-state index contributed by atoms with van der Waals surface area (Å²) in [5.74, 6) is 2.14. The van der Waals surface area contributed by atoms with Crippen molar-refractivity contribution in [3.8, 4) is 0 Å². The van der Waals surface area contributed by atoms with E-state index in [1.54, 1.807) is 0 Å². The van der Waals surface area contributed by atoms with Crippen LogP contribution in [0.15, 0.2) is 0 Å². The molecule has 2 N–H and O–H groups in total. The zero-order valence-electron chi connectivity index (χ0n) is 15.2. The average molecular weight is 343 g/mol. The molecule has 0 saturated heterocycles. The van der Waals surface area contributed by atoms with E-state index in [-0.39, 0.29) is 12.2 Å². The van der Waals surface area contributed by atoms with Crippen molar-refractivity contribution in [2.75, 3.05) is 0 Å². The van der Waals surface area contributed by atoms with Crippen LogP contribution in [0.1, 0.15) is 72.6 Å². The van der Waals surface area contributed by atoms with E-state index in [9.17, 15) is 4.57 Å². The quantitative estimate of drug-likeness (QED) is 0.666. The molecule has 5 heteroatoms. The zero-order valence-corrected chi connectivity index (χ0v) is 16.1. The fourth-order valence-corrected chi connectivity index (χ4v) is 8.01. The Kier molecular flexibility index (Phi) is 5.02. The highest BCUT2D eigenvalue weighted by atomic mass is 31.2. The minimum absolute atomic E-state index is 0.137. The fourth-order valence-electron chi connectivity index (χ4n) is 5.86. The molecule has 4 saturated carbocycles. The van der Waals surface area contributed by atoms with Crippen LogP contribution >= 0.6 is 7.60 Å². The van der Waals surface area contributed by atoms with Gasteiger partial charge in [0.05, 0.1) is 12.2 Å². The predicted molar refractivity (Wildman–Crippen MR) is 93.2 cm³/mol. The molecule has 4 aliphatic rings. The summed E-state index contributed by atoms with van der Waals surface area (Å²) in [6.07, 6.45) is 8.59. The summed E-state index contributed by atoms with van der Waals surface area (Å²) in [6.45, 7) is 7.59. The van der Waals surface area contributed by atoms with Crippen LogP contribution in [-0.2, 0) is 13.6 Å². The molecule has 4 rings (SSSR count). The third-order valence-electron chi connectivity index (χ3n) is 5.93. The molecule has 0 radical (unpaired) electrons. The van der Waals surface area contributed by atoms with Gasteiger partial charge >= 0.3 is 7.60 Å². The van der Waals surface area contributed by atoms with E-state index in [1.807, 2.05) is 27.7 Å². The van der Waals surface area contributed by atoms with Crippen molar-refractivity contribution >= 4 is 7.60 Å². The molecule has 0 aliphatic heterocycles. The molecule has 0 spiro atoms. The largest absolute Gasteiger partial charge is 0.347 e. The lowest BCUT2D eigenvalue weighted by atomic mass is 9.49. The summed E-state index contributed by atoms with van der Waals surface area (Å²) in [6, 6.07) is 0. The molecule has 4 fully saturated rings. The minimum atomic E-state index is -3.27. The van der Waals surface area contributed by atoms with Gasteiger partial charge in [-0.3, -0.25) is 4.57 Å². The van der Waals surface area contributed by atoms with Crippen LogP contribution in [0.4, 0.5) is 0 Å². The van der Waals surface area contributed by atoms with Gasteiger partial charge in [-0.2, -0.15) is 0 Å². The second-order valence-electron chi connectivity index (χ2n) is 9.04. The SMILES string of the molecule is CC(C)OP(=O)(OC(C)C)C(N)CC12CC3CC(CC(C3)C1)C2. The highest BCUT2D eigenvalue weighted by Gasteiger charge is 2.53. The van der Waals surface area contributed by atoms with Crippen molar-refractivity contribution in [3.05, 3.63) is 0 Å². The number of hydrogen-bond donors (Lipinski definition) is 1. The van der Waals surface area contributed by atoms with E-state index >= 15 is 0 Å². The Labute approximate surface area is 141 Å². The summed E-state index contributed by atoms with van der Waals surface area (Å²) >= 11 is 0. The second kappa shape index (κ2) is 6.44. The van der Waals surface area contributed by atoms with Crippen molar-refractivity contribution in [1.82, 2.24) is 0 Å². The van der Waals surface area contributed by atoms with Gasteiger partial charge in [-0.25, -0.2) is 0 Å². The molecular weight excluding hydrogens is 309 g/mol. The maximum atomic E-state index is 13.3. The van der Waals surface area contributed by atoms with Crippen LogP contribution in [0, 0.1) is 23.2 Å². The Morgan fingerprint density at radius 2 is 1.35 bits per heavy atom. The molecule has 134 valence electrons. The first-order valence-electron chi connectivity index (χ1n) is 9.42. The third-order valence-corrected chi connectivity index (χ3v) is 8.35. The Morgan fingerprint density at radius 1 is 0.957 bits per heavy atom. The summed E-state index contributed by atoms with van der Waals surface area (Å²) in [4.78, 5) is 0. The summed E-state index contributed by atoms with van der Waals surface area (Å²) in [5.41, 5.74) is 6.75. The molecule has 0 heterocycles. The van der Waals surface area contributed by atoms with Gasteiger partial charge in [-0.1, -0.05) is 0 Å². The normalized spacial score (nSPS) is 37.8. The topological polar surface area (TPSA) is 61.5 Å². The maximum Gasteiger partial charge on any atom is 0.347 e. The molecule has 4 bridgehead atoms. The summed E-state index contributed by atoms with van der Waals surface area (Å²) in [5, 5.41) is 0. The Morgan fingerprint density at radius 3 is 1.70 bits per heavy atom. The summed E-state index contributed by atoms with van der Waals surface area (Å²) in [7, 11) is -3.27. The van der Waals surface area contributed by atoms with Crippen molar-refractivity contribution in [2.24, 2.45) is 28.9 Å². The molecule has 1 unspecified atom stereocenters. The van der Waals surface area contributed by atoms with Crippen LogP contribution in [0.5, 0.6) is 0 Å². The minimum Gasteiger partial charge on any atom is -0.318 e. The predicted octanol–water partition coefficient (Wildman–Crippen LogP) is 4.92. The Bertz CT molecular complexity index is 428. The first-order chi connectivity index (χ1) is 10.7. The molecule has 0 aromatic heterocycles. The standard InChI is InChI=1S/C18H34NO3P/c1-12(2)21-23(20,22-13(3)4)17(19)11-18-8-14-5-15(9-18)7-16(6-14)10-18/h12-17H,5-11,19H2,1-4H3. The van der Waals surface area contributed by atoms with Gasteiger partial charge in [0, 0.05) is 0 Å². The van der Waals surface area contributed by atoms with Crippen molar-refractivity contribution in [3.63, 3.8) is 0 Å². The molecule has 0 amide bonds. The first-order valence-corrected chi connectivity index (χ1v) is 11.0. The van der Waals surface area contributed by atoms with Crippen LogP contribution in [0.25, 0.3) is 0 Å². The van der Waals surface area contributed by atoms with Crippen LogP contribution in [-0.4, -0.2) is 18.0 Å². The van der Waals surface area contributed by atoms with E-state index in [2.05, 4.69) is 0 Å². The molecule has 0 aromatic carbocycles. The maximum absolute atomic E-state index is 13.3.